The number of nitrogens with zero attached hydrogens (tertiary/aromatic N) is 4. The van der Waals surface area contributed by atoms with Crippen molar-refractivity contribution in [1.82, 2.24) is 19.4 Å². The third-order valence-corrected chi connectivity index (χ3v) is 5.83. The molecule has 0 aliphatic heterocycles. The molecule has 0 atom stereocenters. The molecule has 0 fully saturated rings. The van der Waals surface area contributed by atoms with Crippen LogP contribution in [0.15, 0.2) is 18.2 Å². The van der Waals surface area contributed by atoms with E-state index in [9.17, 15) is 4.79 Å². The lowest BCUT2D eigenvalue weighted by molar-refractivity contribution is -0.118. The first-order valence-electron chi connectivity index (χ1n) is 12.3. The van der Waals surface area contributed by atoms with Crippen molar-refractivity contribution >= 4 is 34.2 Å². The van der Waals surface area contributed by atoms with Gasteiger partial charge in [0.2, 0.25) is 6.41 Å². The Hall–Kier alpha value is -2.91. The Bertz CT molecular complexity index is 1070. The normalized spacial score (nSPS) is 11.4. The van der Waals surface area contributed by atoms with E-state index in [1.54, 1.807) is 4.90 Å². The van der Waals surface area contributed by atoms with Crippen LogP contribution in [0.1, 0.15) is 51.8 Å². The van der Waals surface area contributed by atoms with Gasteiger partial charge in [-0.15, -0.1) is 0 Å². The van der Waals surface area contributed by atoms with Crippen LogP contribution in [0.4, 0.5) is 5.82 Å². The highest BCUT2D eigenvalue weighted by molar-refractivity contribution is 6.06. The van der Waals surface area contributed by atoms with E-state index < -0.39 is 0 Å². The molecule has 4 N–H and O–H groups in total. The summed E-state index contributed by atoms with van der Waals surface area (Å²) in [7, 11) is 0. The molecular formula is C25H38N6O3. The largest absolute Gasteiger partial charge is 0.493 e. The summed E-state index contributed by atoms with van der Waals surface area (Å²) in [5.74, 6) is 1.97. The molecule has 0 saturated carbocycles. The van der Waals surface area contributed by atoms with Crippen LogP contribution in [-0.2, 0) is 22.7 Å². The van der Waals surface area contributed by atoms with Crippen molar-refractivity contribution in [3.63, 3.8) is 0 Å². The maximum absolute atomic E-state index is 11.2. The number of pyridine rings is 1. The average molecular weight is 471 g/mol. The predicted molar refractivity (Wildman–Crippen MR) is 136 cm³/mol. The Morgan fingerprint density at radius 2 is 1.94 bits per heavy atom. The average Bonchev–Trinajstić information content (AvgIpc) is 3.21. The zero-order valence-corrected chi connectivity index (χ0v) is 20.5. The molecule has 0 spiro atoms. The Labute approximate surface area is 201 Å². The molecule has 34 heavy (non-hydrogen) atoms. The first-order chi connectivity index (χ1) is 16.6. The number of imidazole rings is 1. The molecule has 0 bridgehead atoms. The number of hydrogen-bond donors (Lipinski definition) is 2. The molecule has 1 amide bonds. The van der Waals surface area contributed by atoms with E-state index in [0.29, 0.717) is 44.2 Å². The lowest BCUT2D eigenvalue weighted by Gasteiger charge is -2.17. The lowest BCUT2D eigenvalue weighted by Crippen LogP contribution is -2.25. The Morgan fingerprint density at radius 3 is 2.68 bits per heavy atom. The smallest absolute Gasteiger partial charge is 0.209 e. The summed E-state index contributed by atoms with van der Waals surface area (Å²) in [6.07, 6.45) is 5.65. The van der Waals surface area contributed by atoms with E-state index in [2.05, 4.69) is 16.5 Å². The van der Waals surface area contributed by atoms with Crippen LogP contribution >= 0.6 is 0 Å². The first kappa shape index (κ1) is 25.7. The summed E-state index contributed by atoms with van der Waals surface area (Å²) in [5, 5.41) is 0.978. The number of benzene rings is 1. The number of fused-ring (bicyclic) bond motifs is 3. The molecule has 0 saturated heterocycles. The quantitative estimate of drug-likeness (QED) is 0.243. The van der Waals surface area contributed by atoms with Crippen molar-refractivity contribution in [1.29, 1.82) is 0 Å². The second-order valence-electron chi connectivity index (χ2n) is 8.38. The minimum absolute atomic E-state index is 0.396. The van der Waals surface area contributed by atoms with Gasteiger partial charge in [0.25, 0.3) is 0 Å². The van der Waals surface area contributed by atoms with Crippen LogP contribution in [0, 0.1) is 0 Å². The van der Waals surface area contributed by atoms with Crippen molar-refractivity contribution in [2.75, 3.05) is 38.6 Å². The van der Waals surface area contributed by atoms with Gasteiger partial charge in [-0.3, -0.25) is 4.79 Å². The number of hydrogen-bond acceptors (Lipinski definition) is 7. The van der Waals surface area contributed by atoms with Gasteiger partial charge in [-0.1, -0.05) is 13.3 Å². The van der Waals surface area contributed by atoms with E-state index in [4.69, 9.17) is 25.9 Å². The molecule has 2 aromatic heterocycles. The van der Waals surface area contributed by atoms with Crippen LogP contribution in [0.25, 0.3) is 21.9 Å². The molecule has 0 unspecified atom stereocenters. The fourth-order valence-electron chi connectivity index (χ4n) is 4.02. The van der Waals surface area contributed by atoms with Crippen LogP contribution in [-0.4, -0.2) is 58.7 Å². The molecule has 3 aromatic rings. The molecule has 3 rings (SSSR count). The minimum Gasteiger partial charge on any atom is -0.493 e. The van der Waals surface area contributed by atoms with Gasteiger partial charge in [0.15, 0.2) is 5.82 Å². The van der Waals surface area contributed by atoms with Crippen LogP contribution < -0.4 is 16.2 Å². The van der Waals surface area contributed by atoms with Gasteiger partial charge in [0.05, 0.1) is 17.6 Å². The summed E-state index contributed by atoms with van der Waals surface area (Å²) in [4.78, 5) is 22.3. The third kappa shape index (κ3) is 6.36. The zero-order chi connectivity index (χ0) is 24.3. The molecule has 0 radical (unpaired) electrons. The first-order valence-corrected chi connectivity index (χ1v) is 12.3. The van der Waals surface area contributed by atoms with Gasteiger partial charge in [0, 0.05) is 37.7 Å². The van der Waals surface area contributed by atoms with Crippen LogP contribution in [0.3, 0.4) is 0 Å². The Balaban J connectivity index is 1.81. The standard InChI is InChI=1S/C25H38N6O3/c1-3-5-12-30(18-32)13-8-15-34-19-9-10-20-21(16-19)28-25(27)23-24(20)31(14-7-6-11-26)22(29-23)17-33-4-2/h9-10,16,18H,3-8,11-15,17,26H2,1-2H3,(H2,27,28). The van der Waals surface area contributed by atoms with E-state index in [0.717, 1.165) is 79.6 Å². The lowest BCUT2D eigenvalue weighted by atomic mass is 10.1. The molecule has 9 nitrogen and oxygen atoms in total. The van der Waals surface area contributed by atoms with Gasteiger partial charge in [-0.25, -0.2) is 9.97 Å². The summed E-state index contributed by atoms with van der Waals surface area (Å²) in [6.45, 7) is 8.57. The van der Waals surface area contributed by atoms with Crippen molar-refractivity contribution < 1.29 is 14.3 Å². The topological polar surface area (TPSA) is 122 Å². The molecular weight excluding hydrogens is 432 g/mol. The molecule has 2 heterocycles. The molecule has 1 aromatic carbocycles. The molecule has 186 valence electrons. The highest BCUT2D eigenvalue weighted by Gasteiger charge is 2.18. The summed E-state index contributed by atoms with van der Waals surface area (Å²) >= 11 is 0. The molecule has 9 heteroatoms. The SMILES string of the molecule is CCCCN(C=O)CCCOc1ccc2c(c1)nc(N)c1nc(COCC)n(CCCCN)c12. The number of carbonyl (C=O) groups is 1. The summed E-state index contributed by atoms with van der Waals surface area (Å²) in [5.41, 5.74) is 14.5. The number of amides is 1. The monoisotopic (exact) mass is 470 g/mol. The van der Waals surface area contributed by atoms with E-state index in [1.807, 2.05) is 25.1 Å². The number of rotatable bonds is 16. The highest BCUT2D eigenvalue weighted by Crippen LogP contribution is 2.31. The van der Waals surface area contributed by atoms with E-state index in [-0.39, 0.29) is 0 Å². The van der Waals surface area contributed by atoms with Crippen LogP contribution in [0.2, 0.25) is 0 Å². The maximum atomic E-state index is 11.2. The number of aryl methyl sites for hydroxylation is 1. The minimum atomic E-state index is 0.396. The van der Waals surface area contributed by atoms with E-state index >= 15 is 0 Å². The zero-order valence-electron chi connectivity index (χ0n) is 20.5. The summed E-state index contributed by atoms with van der Waals surface area (Å²) < 4.78 is 13.8. The number of anilines is 1. The number of aromatic nitrogens is 3. The summed E-state index contributed by atoms with van der Waals surface area (Å²) in [6, 6.07) is 5.89. The van der Waals surface area contributed by atoms with Gasteiger partial charge < -0.3 is 30.4 Å². The fraction of sp³-hybridized carbons (Fsp3) is 0.560. The highest BCUT2D eigenvalue weighted by atomic mass is 16.5. The number of carbonyl (C=O) groups excluding carboxylic acids is 1. The molecule has 0 aliphatic rings. The Kier molecular flexibility index (Phi) is 9.90. The van der Waals surface area contributed by atoms with Crippen molar-refractivity contribution in [3.8, 4) is 5.75 Å². The van der Waals surface area contributed by atoms with Gasteiger partial charge in [-0.05, 0) is 51.3 Å². The number of ether oxygens (including phenoxy) is 2. The second kappa shape index (κ2) is 13.1. The Morgan fingerprint density at radius 1 is 1.12 bits per heavy atom. The molecule has 0 aliphatic carbocycles. The fourth-order valence-corrected chi connectivity index (χ4v) is 4.02. The second-order valence-corrected chi connectivity index (χ2v) is 8.38. The van der Waals surface area contributed by atoms with Gasteiger partial charge >= 0.3 is 0 Å². The van der Waals surface area contributed by atoms with Crippen molar-refractivity contribution in [2.24, 2.45) is 5.73 Å². The number of nitrogens with two attached hydrogens (primary N) is 2. The van der Waals surface area contributed by atoms with Crippen molar-refractivity contribution in [3.05, 3.63) is 24.0 Å². The van der Waals surface area contributed by atoms with Gasteiger partial charge in [-0.2, -0.15) is 0 Å². The predicted octanol–water partition coefficient (Wildman–Crippen LogP) is 3.47. The van der Waals surface area contributed by atoms with E-state index in [1.165, 1.54) is 0 Å². The maximum Gasteiger partial charge on any atom is 0.209 e. The number of unbranched alkanes of at least 4 members (excludes halogenated alkanes) is 2. The van der Waals surface area contributed by atoms with Crippen LogP contribution in [0.5, 0.6) is 5.75 Å². The third-order valence-electron chi connectivity index (χ3n) is 5.83. The van der Waals surface area contributed by atoms with Crippen molar-refractivity contribution in [2.45, 2.75) is 59.1 Å². The van der Waals surface area contributed by atoms with Gasteiger partial charge in [0.1, 0.15) is 23.7 Å². The number of nitrogen functional groups attached to an aromatic ring is 1.